The molecule has 0 saturated carbocycles. The van der Waals surface area contributed by atoms with E-state index in [4.69, 9.17) is 25.5 Å². The van der Waals surface area contributed by atoms with Crippen molar-refractivity contribution in [2.45, 2.75) is 0 Å². The third kappa shape index (κ3) is 22.2. The van der Waals surface area contributed by atoms with Gasteiger partial charge < -0.3 is 0 Å². The summed E-state index contributed by atoms with van der Waals surface area (Å²) in [7, 11) is 15.0. The molecule has 0 aliphatic carbocycles. The first-order valence-electron chi connectivity index (χ1n) is 0.507. The molecule has 5 heteroatoms. The quantitative estimate of drug-likeness (QED) is 0.569. The molecule has 0 bridgehead atoms. The van der Waals surface area contributed by atoms with Crippen molar-refractivity contribution in [3.8, 4) is 0 Å². The van der Waals surface area contributed by atoms with Gasteiger partial charge in [-0.1, -0.05) is 0 Å². The molecule has 0 radical (unpaired) electrons. The van der Waals surface area contributed by atoms with Gasteiger partial charge in [-0.25, -0.2) is 0 Å². The van der Waals surface area contributed by atoms with Crippen molar-refractivity contribution in [3.63, 3.8) is 0 Å². The average molecular weight is 371 g/mol. The summed E-state index contributed by atoms with van der Waals surface area (Å²) in [4.78, 5) is 0. The number of hydrogen-bond acceptors (Lipinski definition) is 0. The first-order chi connectivity index (χ1) is 1.73. The molecule has 0 saturated heterocycles. The van der Waals surface area contributed by atoms with E-state index in [0.29, 0.717) is 0 Å². The molecule has 0 nitrogen and oxygen atoms in total. The van der Waals surface area contributed by atoms with Gasteiger partial charge in [-0.3, -0.25) is 0 Å². The Kier molecular flexibility index (Phi) is 12.9. The molecule has 0 spiro atoms. The van der Waals surface area contributed by atoms with Crippen LogP contribution in [0.4, 0.5) is 0 Å². The zero-order chi connectivity index (χ0) is 3.58. The van der Waals surface area contributed by atoms with Crippen LogP contribution in [-0.2, 0) is 17.1 Å². The van der Waals surface area contributed by atoms with Crippen molar-refractivity contribution in [2.75, 3.05) is 0 Å². The summed E-state index contributed by atoms with van der Waals surface area (Å²) < 4.78 is 0. The Hall–Kier alpha value is 2.27. The molecule has 0 aromatic rings. The fraction of sp³-hybridized carbons (Fsp3) is 0. The second-order valence-corrected chi connectivity index (χ2v) is 15.1. The van der Waals surface area contributed by atoms with Crippen molar-refractivity contribution in [2.24, 2.45) is 0 Å². The predicted octanol–water partition coefficient (Wildman–Crippen LogP) is 1.69. The van der Waals surface area contributed by atoms with Gasteiger partial charge in [0.2, 0.25) is 0 Å². The molecule has 0 unspecified atom stereocenters. The fourth-order valence-corrected chi connectivity index (χ4v) is 0. The van der Waals surface area contributed by atoms with E-state index in [1.54, 1.807) is 0 Å². The topological polar surface area (TPSA) is 0 Å². The summed E-state index contributed by atoms with van der Waals surface area (Å²) in [5.74, 6) is 0. The van der Waals surface area contributed by atoms with Crippen LogP contribution in [0.25, 0.3) is 0 Å². The molecule has 34 valence electrons. The molecule has 0 fully saturated rings. The van der Waals surface area contributed by atoms with E-state index in [1.807, 2.05) is 0 Å². The van der Waals surface area contributed by atoms with E-state index in [-0.39, 0.29) is 17.1 Å². The second-order valence-electron chi connectivity index (χ2n) is 0.192. The molecule has 0 rings (SSSR count). The Labute approximate surface area is 60.0 Å². The fourth-order valence-electron chi connectivity index (χ4n) is 0. The van der Waals surface area contributed by atoms with E-state index < -0.39 is 18.2 Å². The van der Waals surface area contributed by atoms with Gasteiger partial charge in [0.1, 0.15) is 0 Å². The van der Waals surface area contributed by atoms with Crippen LogP contribution in [0.3, 0.4) is 0 Å². The summed E-state index contributed by atoms with van der Waals surface area (Å²) in [5.41, 5.74) is 0. The molecular weight excluding hydrogens is 371 g/mol. The Bertz CT molecular complexity index is 11.6. The van der Waals surface area contributed by atoms with E-state index >= 15 is 0 Å². The SMILES string of the molecule is [Cl][Bi]([Cl])[Cl].[Fe]. The van der Waals surface area contributed by atoms with Crippen LogP contribution in [0.1, 0.15) is 0 Å². The Morgan fingerprint density at radius 3 is 1.00 bits per heavy atom. The van der Waals surface area contributed by atoms with Crippen LogP contribution in [-0.4, -0.2) is 18.2 Å². The standard InChI is InChI=1S/Bi.3ClH.Fe/h;3*1H;/q+3;;;;/p-3. The molecule has 0 aromatic heterocycles. The summed E-state index contributed by atoms with van der Waals surface area (Å²) in [6, 6.07) is 0. The van der Waals surface area contributed by atoms with Gasteiger partial charge in [0.25, 0.3) is 0 Å². The molecule has 0 atom stereocenters. The normalized spacial score (nSPS) is 7.20. The summed E-state index contributed by atoms with van der Waals surface area (Å²) in [6.07, 6.45) is 0. The maximum atomic E-state index is 5.01. The van der Waals surface area contributed by atoms with Gasteiger partial charge in [-0.15, -0.1) is 0 Å². The number of halogens is 3. The third-order valence-corrected chi connectivity index (χ3v) is 0. The van der Waals surface area contributed by atoms with E-state index in [0.717, 1.165) is 0 Å². The maximum Gasteiger partial charge on any atom is 0 e. The van der Waals surface area contributed by atoms with E-state index in [2.05, 4.69) is 0 Å². The molecule has 5 heavy (non-hydrogen) atoms. The van der Waals surface area contributed by atoms with Crippen molar-refractivity contribution in [1.82, 2.24) is 0 Å². The van der Waals surface area contributed by atoms with Crippen molar-refractivity contribution in [3.05, 3.63) is 0 Å². The first-order valence-corrected chi connectivity index (χ1v) is 13.3. The molecular formula is BiCl3Fe. The van der Waals surface area contributed by atoms with E-state index in [9.17, 15) is 0 Å². The van der Waals surface area contributed by atoms with Crippen LogP contribution in [0.5, 0.6) is 0 Å². The van der Waals surface area contributed by atoms with Crippen LogP contribution < -0.4 is 0 Å². The molecule has 0 aliphatic heterocycles. The second kappa shape index (κ2) is 6.27. The number of rotatable bonds is 0. The Morgan fingerprint density at radius 2 is 1.00 bits per heavy atom. The molecule has 0 heterocycles. The maximum absolute atomic E-state index is 5.01. The zero-order valence-corrected chi connectivity index (χ0v) is 8.78. The van der Waals surface area contributed by atoms with Gasteiger partial charge in [0.05, 0.1) is 0 Å². The van der Waals surface area contributed by atoms with Crippen LogP contribution >= 0.6 is 25.5 Å². The van der Waals surface area contributed by atoms with Crippen LogP contribution in [0.2, 0.25) is 0 Å². The predicted molar refractivity (Wildman–Crippen MR) is 23.3 cm³/mol. The molecule has 0 amide bonds. The minimum absolute atomic E-state index is 0. The monoisotopic (exact) mass is 370 g/mol. The minimum atomic E-state index is -2.18. The van der Waals surface area contributed by atoms with Crippen LogP contribution in [0.15, 0.2) is 0 Å². The van der Waals surface area contributed by atoms with Gasteiger partial charge in [0, 0.05) is 17.1 Å². The average Bonchev–Trinajstić information content (AvgIpc) is 0.811. The molecule has 0 aliphatic rings. The van der Waals surface area contributed by atoms with Gasteiger partial charge in [-0.2, -0.15) is 0 Å². The largest absolute Gasteiger partial charge is 0 e. The smallest absolute Gasteiger partial charge is 0 e. The summed E-state index contributed by atoms with van der Waals surface area (Å²) in [5, 5.41) is 0. The van der Waals surface area contributed by atoms with Crippen molar-refractivity contribution in [1.29, 1.82) is 0 Å². The summed E-state index contributed by atoms with van der Waals surface area (Å²) >= 11 is -2.18. The Balaban J connectivity index is 0. The third-order valence-electron chi connectivity index (χ3n) is 0. The van der Waals surface area contributed by atoms with Gasteiger partial charge >= 0.3 is 43.7 Å². The minimum Gasteiger partial charge on any atom is 0 e. The molecule has 0 aromatic carbocycles. The van der Waals surface area contributed by atoms with Crippen LogP contribution in [0, 0.1) is 0 Å². The first kappa shape index (κ1) is 10.3. The van der Waals surface area contributed by atoms with Crippen molar-refractivity contribution >= 4 is 43.7 Å². The van der Waals surface area contributed by atoms with Gasteiger partial charge in [0.15, 0.2) is 0 Å². The van der Waals surface area contributed by atoms with Crippen molar-refractivity contribution < 1.29 is 17.1 Å². The summed E-state index contributed by atoms with van der Waals surface area (Å²) in [6.45, 7) is 0. The molecule has 0 N–H and O–H groups in total. The van der Waals surface area contributed by atoms with E-state index in [1.165, 1.54) is 0 Å². The Morgan fingerprint density at radius 1 is 1.00 bits per heavy atom. The van der Waals surface area contributed by atoms with Gasteiger partial charge in [-0.05, 0) is 0 Å². The number of hydrogen-bond donors (Lipinski definition) is 0. The zero-order valence-electron chi connectivity index (χ0n) is 1.93.